The summed E-state index contributed by atoms with van der Waals surface area (Å²) in [6, 6.07) is -0.241. The van der Waals surface area contributed by atoms with Gasteiger partial charge in [-0.25, -0.2) is 0 Å². The first-order chi connectivity index (χ1) is 11.6. The molecule has 9 nitrogen and oxygen atoms in total. The Balaban J connectivity index is 1.58. The number of nitrogens with zero attached hydrogens (tertiary/aromatic N) is 4. The molecule has 2 amide bonds. The minimum Gasteiger partial charge on any atom is -0.377 e. The molecule has 2 fully saturated rings. The van der Waals surface area contributed by atoms with Gasteiger partial charge in [0.05, 0.1) is 19.3 Å². The summed E-state index contributed by atoms with van der Waals surface area (Å²) in [5.74, 6) is -0.164. The molecule has 0 spiro atoms. The van der Waals surface area contributed by atoms with Crippen molar-refractivity contribution in [3.63, 3.8) is 0 Å². The molecule has 3 rings (SSSR count). The van der Waals surface area contributed by atoms with Crippen LogP contribution in [0.5, 0.6) is 0 Å². The molecule has 1 saturated heterocycles. The molecule has 24 heavy (non-hydrogen) atoms. The lowest BCUT2D eigenvalue weighted by molar-refractivity contribution is -0.166. The second-order valence-corrected chi connectivity index (χ2v) is 6.28. The van der Waals surface area contributed by atoms with Gasteiger partial charge < -0.3 is 24.3 Å². The standard InChI is InChI=1S/C15H23N5O4/c1-23-15(3-2-4-15)14(22)20-5-6-24-9-12(7-20)18-13(21)8-19-10-16-17-11-19/h10-12H,2-9H2,1H3,(H,18,21). The second-order valence-electron chi connectivity index (χ2n) is 6.28. The lowest BCUT2D eigenvalue weighted by Gasteiger charge is -2.42. The molecule has 132 valence electrons. The lowest BCUT2D eigenvalue weighted by Crippen LogP contribution is -2.57. The average Bonchev–Trinajstić information content (AvgIpc) is 2.91. The molecule has 1 N–H and O–H groups in total. The zero-order chi connectivity index (χ0) is 17.0. The van der Waals surface area contributed by atoms with Crippen molar-refractivity contribution in [2.75, 3.05) is 33.4 Å². The van der Waals surface area contributed by atoms with E-state index in [-0.39, 0.29) is 24.4 Å². The van der Waals surface area contributed by atoms with Gasteiger partial charge in [0.1, 0.15) is 24.8 Å². The molecule has 0 aromatic carbocycles. The molecule has 1 atom stereocenters. The molecular formula is C15H23N5O4. The summed E-state index contributed by atoms with van der Waals surface area (Å²) in [5.41, 5.74) is -0.679. The van der Waals surface area contributed by atoms with Gasteiger partial charge in [0.15, 0.2) is 0 Å². The number of nitrogens with one attached hydrogen (secondary N) is 1. The van der Waals surface area contributed by atoms with Crippen LogP contribution in [0.2, 0.25) is 0 Å². The Kier molecular flexibility index (Phi) is 5.10. The van der Waals surface area contributed by atoms with Gasteiger partial charge in [0, 0.05) is 20.2 Å². The van der Waals surface area contributed by atoms with Crippen LogP contribution in [0.25, 0.3) is 0 Å². The predicted molar refractivity (Wildman–Crippen MR) is 82.9 cm³/mol. The van der Waals surface area contributed by atoms with Crippen LogP contribution < -0.4 is 5.32 Å². The van der Waals surface area contributed by atoms with Gasteiger partial charge in [0.25, 0.3) is 5.91 Å². The Labute approximate surface area is 140 Å². The Morgan fingerprint density at radius 1 is 1.38 bits per heavy atom. The summed E-state index contributed by atoms with van der Waals surface area (Å²) in [7, 11) is 1.59. The maximum absolute atomic E-state index is 12.8. The minimum atomic E-state index is -0.679. The molecular weight excluding hydrogens is 314 g/mol. The van der Waals surface area contributed by atoms with Gasteiger partial charge in [-0.15, -0.1) is 10.2 Å². The number of aromatic nitrogens is 3. The molecule has 1 aliphatic heterocycles. The van der Waals surface area contributed by atoms with Gasteiger partial charge in [-0.05, 0) is 19.3 Å². The van der Waals surface area contributed by atoms with Gasteiger partial charge in [-0.2, -0.15) is 0 Å². The van der Waals surface area contributed by atoms with E-state index >= 15 is 0 Å². The van der Waals surface area contributed by atoms with Crippen LogP contribution >= 0.6 is 0 Å². The van der Waals surface area contributed by atoms with Gasteiger partial charge in [-0.1, -0.05) is 0 Å². The van der Waals surface area contributed by atoms with Crippen LogP contribution in [-0.4, -0.2) is 76.5 Å². The van der Waals surface area contributed by atoms with Crippen molar-refractivity contribution in [3.05, 3.63) is 12.7 Å². The summed E-state index contributed by atoms with van der Waals surface area (Å²) in [6.45, 7) is 1.93. The Morgan fingerprint density at radius 3 is 2.75 bits per heavy atom. The van der Waals surface area contributed by atoms with E-state index in [2.05, 4.69) is 15.5 Å². The Morgan fingerprint density at radius 2 is 2.12 bits per heavy atom. The molecule has 1 unspecified atom stereocenters. The van der Waals surface area contributed by atoms with Crippen LogP contribution in [0.15, 0.2) is 12.7 Å². The van der Waals surface area contributed by atoms with Crippen molar-refractivity contribution in [2.45, 2.75) is 37.5 Å². The van der Waals surface area contributed by atoms with Crippen molar-refractivity contribution in [1.29, 1.82) is 0 Å². The summed E-state index contributed by atoms with van der Waals surface area (Å²) in [5, 5.41) is 10.2. The summed E-state index contributed by atoms with van der Waals surface area (Å²) < 4.78 is 12.6. The Bertz CT molecular complexity index is 567. The molecule has 1 aromatic heterocycles. The maximum Gasteiger partial charge on any atom is 0.254 e. The number of hydrogen-bond acceptors (Lipinski definition) is 6. The fraction of sp³-hybridized carbons (Fsp3) is 0.733. The molecule has 2 heterocycles. The molecule has 1 aromatic rings. The maximum atomic E-state index is 12.8. The summed E-state index contributed by atoms with van der Waals surface area (Å²) in [4.78, 5) is 26.7. The molecule has 2 aliphatic rings. The number of rotatable bonds is 5. The van der Waals surface area contributed by atoms with Gasteiger partial charge in [0.2, 0.25) is 5.91 Å². The lowest BCUT2D eigenvalue weighted by atomic mass is 9.78. The van der Waals surface area contributed by atoms with Crippen molar-refractivity contribution in [3.8, 4) is 0 Å². The summed E-state index contributed by atoms with van der Waals surface area (Å²) in [6.07, 6.45) is 5.48. The third-order valence-electron chi connectivity index (χ3n) is 4.65. The molecule has 9 heteroatoms. The Hall–Kier alpha value is -2.00. The topological polar surface area (TPSA) is 98.6 Å². The van der Waals surface area contributed by atoms with Crippen LogP contribution in [0, 0.1) is 0 Å². The number of carbonyl (C=O) groups excluding carboxylic acids is 2. The first kappa shape index (κ1) is 16.8. The van der Waals surface area contributed by atoms with Crippen molar-refractivity contribution >= 4 is 11.8 Å². The summed E-state index contributed by atoms with van der Waals surface area (Å²) >= 11 is 0. The second kappa shape index (κ2) is 7.27. The van der Waals surface area contributed by atoms with E-state index in [1.807, 2.05) is 0 Å². The normalized spacial score (nSPS) is 23.2. The third-order valence-corrected chi connectivity index (χ3v) is 4.65. The number of amides is 2. The minimum absolute atomic E-state index is 0.000177. The van der Waals surface area contributed by atoms with Crippen molar-refractivity contribution in [2.24, 2.45) is 0 Å². The first-order valence-electron chi connectivity index (χ1n) is 8.17. The molecule has 1 saturated carbocycles. The van der Waals surface area contributed by atoms with E-state index in [1.165, 1.54) is 12.7 Å². The highest BCUT2D eigenvalue weighted by Crippen LogP contribution is 2.36. The largest absolute Gasteiger partial charge is 0.377 e. The zero-order valence-electron chi connectivity index (χ0n) is 13.8. The molecule has 1 aliphatic carbocycles. The third kappa shape index (κ3) is 3.57. The van der Waals surface area contributed by atoms with Crippen LogP contribution in [-0.2, 0) is 25.6 Å². The van der Waals surface area contributed by atoms with E-state index in [4.69, 9.17) is 9.47 Å². The quantitative estimate of drug-likeness (QED) is 0.755. The van der Waals surface area contributed by atoms with Crippen LogP contribution in [0.4, 0.5) is 0 Å². The van der Waals surface area contributed by atoms with Crippen LogP contribution in [0.3, 0.4) is 0 Å². The van der Waals surface area contributed by atoms with Crippen LogP contribution in [0.1, 0.15) is 19.3 Å². The van der Waals surface area contributed by atoms with Crippen molar-refractivity contribution in [1.82, 2.24) is 25.0 Å². The van der Waals surface area contributed by atoms with Gasteiger partial charge in [-0.3, -0.25) is 9.59 Å². The molecule has 0 radical (unpaired) electrons. The fourth-order valence-electron chi connectivity index (χ4n) is 3.12. The first-order valence-corrected chi connectivity index (χ1v) is 8.17. The monoisotopic (exact) mass is 337 g/mol. The smallest absolute Gasteiger partial charge is 0.254 e. The van der Waals surface area contributed by atoms with E-state index in [9.17, 15) is 9.59 Å². The van der Waals surface area contributed by atoms with Crippen molar-refractivity contribution < 1.29 is 19.1 Å². The van der Waals surface area contributed by atoms with E-state index in [1.54, 1.807) is 16.6 Å². The number of methoxy groups -OCH3 is 1. The number of ether oxygens (including phenoxy) is 2. The SMILES string of the molecule is COC1(C(=O)N2CCOCC(NC(=O)Cn3cnnc3)C2)CCC1. The van der Waals surface area contributed by atoms with E-state index in [0.717, 1.165) is 19.3 Å². The number of hydrogen-bond donors (Lipinski definition) is 1. The van der Waals surface area contributed by atoms with E-state index < -0.39 is 5.60 Å². The highest BCUT2D eigenvalue weighted by Gasteiger charge is 2.47. The van der Waals surface area contributed by atoms with Gasteiger partial charge >= 0.3 is 0 Å². The highest BCUT2D eigenvalue weighted by molar-refractivity contribution is 5.86. The zero-order valence-corrected chi connectivity index (χ0v) is 13.8. The van der Waals surface area contributed by atoms with E-state index in [0.29, 0.717) is 26.3 Å². The highest BCUT2D eigenvalue weighted by atomic mass is 16.5. The molecule has 0 bridgehead atoms. The fourth-order valence-corrected chi connectivity index (χ4v) is 3.12. The number of carbonyl (C=O) groups is 2. The average molecular weight is 337 g/mol. The predicted octanol–water partition coefficient (Wildman–Crippen LogP) is -0.809.